The molecule has 1 amide bonds. The minimum Gasteiger partial charge on any atom is -0.337 e. The number of aromatic amines is 1. The molecule has 1 aromatic heterocycles. The van der Waals surface area contributed by atoms with Crippen LogP contribution in [0.25, 0.3) is 0 Å². The second-order valence-electron chi connectivity index (χ2n) is 4.72. The second kappa shape index (κ2) is 6.49. The molecule has 6 nitrogen and oxygen atoms in total. The lowest BCUT2D eigenvalue weighted by Gasteiger charge is -2.21. The number of nitrogens with one attached hydrogen (secondary N) is 1. The Morgan fingerprint density at radius 3 is 2.89 bits per heavy atom. The summed E-state index contributed by atoms with van der Waals surface area (Å²) in [7, 11) is 0. The lowest BCUT2D eigenvalue weighted by atomic mass is 10.2. The second-order valence-corrected chi connectivity index (χ2v) is 4.72. The molecule has 3 N–H and O–H groups in total. The number of H-pyrrole nitrogens is 1. The first-order chi connectivity index (χ1) is 9.20. The van der Waals surface area contributed by atoms with E-state index in [4.69, 9.17) is 5.73 Å². The minimum atomic E-state index is -0.245. The normalized spacial score (nSPS) is 17.2. The molecule has 0 bridgehead atoms. The van der Waals surface area contributed by atoms with Gasteiger partial charge in [0.1, 0.15) is 0 Å². The molecule has 104 valence electrons. The molecule has 0 atom stereocenters. The van der Waals surface area contributed by atoms with Crippen LogP contribution in [-0.4, -0.2) is 60.0 Å². The van der Waals surface area contributed by atoms with Crippen LogP contribution in [0.3, 0.4) is 0 Å². The summed E-state index contributed by atoms with van der Waals surface area (Å²) in [6.07, 6.45) is 2.45. The largest absolute Gasteiger partial charge is 0.337 e. The fraction of sp³-hybridized carbons (Fsp3) is 0.538. The van der Waals surface area contributed by atoms with Crippen molar-refractivity contribution in [3.63, 3.8) is 0 Å². The maximum Gasteiger partial charge on any atom is 0.254 e. The van der Waals surface area contributed by atoms with E-state index < -0.39 is 0 Å². The molecule has 19 heavy (non-hydrogen) atoms. The van der Waals surface area contributed by atoms with Gasteiger partial charge in [0, 0.05) is 50.6 Å². The Labute approximate surface area is 112 Å². The third kappa shape index (κ3) is 3.65. The molecule has 1 fully saturated rings. The number of hydrogen-bond acceptors (Lipinski definition) is 4. The van der Waals surface area contributed by atoms with Gasteiger partial charge >= 0.3 is 0 Å². The summed E-state index contributed by atoms with van der Waals surface area (Å²) in [5, 5.41) is 0. The molecular formula is C13H20N4O2. The average Bonchev–Trinajstić information content (AvgIpc) is 2.64. The van der Waals surface area contributed by atoms with Crippen molar-refractivity contribution in [2.45, 2.75) is 6.42 Å². The van der Waals surface area contributed by atoms with E-state index in [0.717, 1.165) is 32.6 Å². The molecule has 0 aromatic carbocycles. The number of nitrogens with zero attached hydrogens (tertiary/aromatic N) is 2. The lowest BCUT2D eigenvalue weighted by molar-refractivity contribution is 0.0761. The summed E-state index contributed by atoms with van der Waals surface area (Å²) in [5.74, 6) is -0.0688. The highest BCUT2D eigenvalue weighted by atomic mass is 16.2. The number of rotatable bonds is 3. The van der Waals surface area contributed by atoms with Gasteiger partial charge in [0.15, 0.2) is 0 Å². The Morgan fingerprint density at radius 1 is 1.32 bits per heavy atom. The smallest absolute Gasteiger partial charge is 0.254 e. The first-order valence-electron chi connectivity index (χ1n) is 6.61. The molecule has 2 heterocycles. The molecule has 1 aliphatic rings. The summed E-state index contributed by atoms with van der Waals surface area (Å²) >= 11 is 0. The Kier molecular flexibility index (Phi) is 4.70. The fourth-order valence-electron chi connectivity index (χ4n) is 2.34. The van der Waals surface area contributed by atoms with Gasteiger partial charge in [0.2, 0.25) is 5.56 Å². The molecule has 1 saturated heterocycles. The molecule has 0 unspecified atom stereocenters. The minimum absolute atomic E-state index is 0.0688. The van der Waals surface area contributed by atoms with Gasteiger partial charge < -0.3 is 20.5 Å². The Morgan fingerprint density at radius 2 is 2.16 bits per heavy atom. The van der Waals surface area contributed by atoms with Crippen LogP contribution in [0.5, 0.6) is 0 Å². The van der Waals surface area contributed by atoms with Crippen LogP contribution in [0, 0.1) is 0 Å². The van der Waals surface area contributed by atoms with Gasteiger partial charge in [-0.2, -0.15) is 0 Å². The standard InChI is InChI=1S/C13H20N4O2/c14-3-7-16-5-1-6-17(9-8-16)13(19)11-2-4-15-12(18)10-11/h2,4,10H,1,3,5-9,14H2,(H,15,18). The third-order valence-corrected chi connectivity index (χ3v) is 3.34. The topological polar surface area (TPSA) is 82.4 Å². The van der Waals surface area contributed by atoms with Gasteiger partial charge in [-0.25, -0.2) is 0 Å². The molecule has 2 rings (SSSR count). The van der Waals surface area contributed by atoms with Crippen molar-refractivity contribution in [1.29, 1.82) is 0 Å². The van der Waals surface area contributed by atoms with Crippen LogP contribution < -0.4 is 11.3 Å². The molecule has 0 saturated carbocycles. The van der Waals surface area contributed by atoms with Crippen LogP contribution in [-0.2, 0) is 0 Å². The van der Waals surface area contributed by atoms with Crippen molar-refractivity contribution in [2.24, 2.45) is 5.73 Å². The van der Waals surface area contributed by atoms with Crippen molar-refractivity contribution in [3.8, 4) is 0 Å². The molecule has 0 radical (unpaired) electrons. The third-order valence-electron chi connectivity index (χ3n) is 3.34. The number of amides is 1. The summed E-state index contributed by atoms with van der Waals surface area (Å²) in [6, 6.07) is 3.00. The number of carbonyl (C=O) groups is 1. The van der Waals surface area contributed by atoms with Crippen LogP contribution >= 0.6 is 0 Å². The number of nitrogens with two attached hydrogens (primary N) is 1. The number of hydrogen-bond donors (Lipinski definition) is 2. The summed E-state index contributed by atoms with van der Waals surface area (Å²) in [5.41, 5.74) is 5.76. The number of aromatic nitrogens is 1. The molecule has 1 aromatic rings. The van der Waals surface area contributed by atoms with E-state index in [1.54, 1.807) is 6.07 Å². The molecule has 6 heteroatoms. The van der Waals surface area contributed by atoms with Crippen molar-refractivity contribution in [3.05, 3.63) is 34.2 Å². The van der Waals surface area contributed by atoms with Gasteiger partial charge in [-0.3, -0.25) is 9.59 Å². The van der Waals surface area contributed by atoms with Gasteiger partial charge in [-0.1, -0.05) is 0 Å². The number of pyridine rings is 1. The van der Waals surface area contributed by atoms with Crippen LogP contribution in [0.4, 0.5) is 0 Å². The predicted molar refractivity (Wildman–Crippen MR) is 73.1 cm³/mol. The SMILES string of the molecule is NCCN1CCCN(C(=O)c2cc[nH]c(=O)c2)CC1. The fourth-order valence-corrected chi connectivity index (χ4v) is 2.34. The molecular weight excluding hydrogens is 244 g/mol. The predicted octanol–water partition coefficient (Wildman–Crippen LogP) is -0.518. The quantitative estimate of drug-likeness (QED) is 0.769. The summed E-state index contributed by atoms with van der Waals surface area (Å²) < 4.78 is 0. The van der Waals surface area contributed by atoms with Crippen LogP contribution in [0.1, 0.15) is 16.8 Å². The van der Waals surface area contributed by atoms with Gasteiger partial charge in [0.05, 0.1) is 0 Å². The molecule has 0 aliphatic carbocycles. The van der Waals surface area contributed by atoms with Crippen LogP contribution in [0.2, 0.25) is 0 Å². The van der Waals surface area contributed by atoms with E-state index >= 15 is 0 Å². The van der Waals surface area contributed by atoms with Gasteiger partial charge in [-0.05, 0) is 19.0 Å². The van der Waals surface area contributed by atoms with Crippen molar-refractivity contribution in [2.75, 3.05) is 39.3 Å². The highest BCUT2D eigenvalue weighted by Crippen LogP contribution is 2.07. The molecule has 1 aliphatic heterocycles. The van der Waals surface area contributed by atoms with Gasteiger partial charge in [0.25, 0.3) is 5.91 Å². The van der Waals surface area contributed by atoms with E-state index in [0.29, 0.717) is 18.7 Å². The maximum absolute atomic E-state index is 12.3. The van der Waals surface area contributed by atoms with E-state index in [1.807, 2.05) is 4.90 Å². The zero-order valence-electron chi connectivity index (χ0n) is 11.0. The highest BCUT2D eigenvalue weighted by Gasteiger charge is 2.19. The Bertz CT molecular complexity index is 486. The van der Waals surface area contributed by atoms with E-state index in [-0.39, 0.29) is 11.5 Å². The Hall–Kier alpha value is -1.66. The first kappa shape index (κ1) is 13.8. The van der Waals surface area contributed by atoms with E-state index in [9.17, 15) is 9.59 Å². The summed E-state index contributed by atoms with van der Waals surface area (Å²) in [6.45, 7) is 4.73. The van der Waals surface area contributed by atoms with Crippen LogP contribution in [0.15, 0.2) is 23.1 Å². The van der Waals surface area contributed by atoms with Crippen molar-refractivity contribution < 1.29 is 4.79 Å². The molecule has 0 spiro atoms. The Balaban J connectivity index is 2.02. The monoisotopic (exact) mass is 264 g/mol. The van der Waals surface area contributed by atoms with Crippen molar-refractivity contribution >= 4 is 5.91 Å². The van der Waals surface area contributed by atoms with Crippen molar-refractivity contribution in [1.82, 2.24) is 14.8 Å². The zero-order chi connectivity index (χ0) is 13.7. The van der Waals surface area contributed by atoms with Gasteiger partial charge in [-0.15, -0.1) is 0 Å². The lowest BCUT2D eigenvalue weighted by Crippen LogP contribution is -2.36. The number of carbonyl (C=O) groups excluding carboxylic acids is 1. The first-order valence-corrected chi connectivity index (χ1v) is 6.61. The zero-order valence-corrected chi connectivity index (χ0v) is 11.0. The average molecular weight is 264 g/mol. The van der Waals surface area contributed by atoms with E-state index in [2.05, 4.69) is 9.88 Å². The highest BCUT2D eigenvalue weighted by molar-refractivity contribution is 5.94. The summed E-state index contributed by atoms with van der Waals surface area (Å²) in [4.78, 5) is 30.1. The van der Waals surface area contributed by atoms with E-state index in [1.165, 1.54) is 12.3 Å². The maximum atomic E-state index is 12.3.